The Kier molecular flexibility index (Phi) is 5.48. The standard InChI is InChI=1S/C16H28N2O3/c1-3-7-13-9-4-5-10-17(13)16(21)18-11-6-8-12(2)14(18)15(19)20/h12-14H,3-11H2,1-2H3,(H,19,20). The lowest BCUT2D eigenvalue weighted by molar-refractivity contribution is -0.145. The van der Waals surface area contributed by atoms with Crippen molar-refractivity contribution in [3.05, 3.63) is 0 Å². The summed E-state index contributed by atoms with van der Waals surface area (Å²) < 4.78 is 0. The summed E-state index contributed by atoms with van der Waals surface area (Å²) in [6.07, 6.45) is 7.14. The number of carbonyl (C=O) groups is 2. The minimum Gasteiger partial charge on any atom is -0.480 e. The van der Waals surface area contributed by atoms with Gasteiger partial charge in [-0.05, 0) is 44.4 Å². The second-order valence-electron chi connectivity index (χ2n) is 6.51. The zero-order valence-corrected chi connectivity index (χ0v) is 13.3. The van der Waals surface area contributed by atoms with E-state index >= 15 is 0 Å². The van der Waals surface area contributed by atoms with Gasteiger partial charge in [0.25, 0.3) is 0 Å². The Morgan fingerprint density at radius 2 is 1.81 bits per heavy atom. The Labute approximate surface area is 127 Å². The van der Waals surface area contributed by atoms with Gasteiger partial charge in [0.15, 0.2) is 0 Å². The van der Waals surface area contributed by atoms with E-state index in [1.807, 2.05) is 11.8 Å². The molecule has 2 fully saturated rings. The van der Waals surface area contributed by atoms with Gasteiger partial charge in [0.1, 0.15) is 6.04 Å². The maximum atomic E-state index is 12.9. The normalized spacial score (nSPS) is 30.3. The van der Waals surface area contributed by atoms with E-state index in [-0.39, 0.29) is 11.9 Å². The highest BCUT2D eigenvalue weighted by atomic mass is 16.4. The molecule has 2 amide bonds. The summed E-state index contributed by atoms with van der Waals surface area (Å²) in [6, 6.07) is -0.412. The fraction of sp³-hybridized carbons (Fsp3) is 0.875. The molecule has 0 bridgehead atoms. The summed E-state index contributed by atoms with van der Waals surface area (Å²) >= 11 is 0. The van der Waals surface area contributed by atoms with Crippen molar-refractivity contribution < 1.29 is 14.7 Å². The number of amides is 2. The highest BCUT2D eigenvalue weighted by Gasteiger charge is 2.40. The number of carboxylic acid groups (broad SMARTS) is 1. The molecule has 5 nitrogen and oxygen atoms in total. The van der Waals surface area contributed by atoms with E-state index in [0.717, 1.165) is 45.1 Å². The topological polar surface area (TPSA) is 60.9 Å². The summed E-state index contributed by atoms with van der Waals surface area (Å²) in [5.41, 5.74) is 0. The Balaban J connectivity index is 2.13. The van der Waals surface area contributed by atoms with Gasteiger partial charge in [0, 0.05) is 19.1 Å². The molecule has 2 aliphatic rings. The quantitative estimate of drug-likeness (QED) is 0.871. The number of hydrogen-bond donors (Lipinski definition) is 1. The molecule has 2 saturated heterocycles. The number of rotatable bonds is 3. The van der Waals surface area contributed by atoms with Crippen LogP contribution in [-0.4, -0.2) is 52.1 Å². The SMILES string of the molecule is CCCC1CCCCN1C(=O)N1CCCC(C)C1C(=O)O. The number of carbonyl (C=O) groups excluding carboxylic acids is 1. The van der Waals surface area contributed by atoms with Crippen LogP contribution in [0.2, 0.25) is 0 Å². The van der Waals surface area contributed by atoms with E-state index < -0.39 is 12.0 Å². The molecule has 2 aliphatic heterocycles. The molecule has 0 aromatic heterocycles. The molecule has 5 heteroatoms. The first-order chi connectivity index (χ1) is 10.1. The molecular formula is C16H28N2O3. The summed E-state index contributed by atoms with van der Waals surface area (Å²) in [5.74, 6) is -0.825. The van der Waals surface area contributed by atoms with Gasteiger partial charge < -0.3 is 14.9 Å². The fourth-order valence-electron chi connectivity index (χ4n) is 3.83. The summed E-state index contributed by atoms with van der Waals surface area (Å²) in [7, 11) is 0. The molecule has 2 rings (SSSR count). The van der Waals surface area contributed by atoms with Crippen LogP contribution in [0.1, 0.15) is 58.8 Å². The van der Waals surface area contributed by atoms with Crippen molar-refractivity contribution in [3.63, 3.8) is 0 Å². The van der Waals surface area contributed by atoms with Crippen LogP contribution in [0.3, 0.4) is 0 Å². The first-order valence-corrected chi connectivity index (χ1v) is 8.36. The van der Waals surface area contributed by atoms with Crippen molar-refractivity contribution in [3.8, 4) is 0 Å². The fourth-order valence-corrected chi connectivity index (χ4v) is 3.83. The second-order valence-corrected chi connectivity index (χ2v) is 6.51. The number of aliphatic carboxylic acids is 1. The van der Waals surface area contributed by atoms with Crippen LogP contribution in [0.25, 0.3) is 0 Å². The maximum absolute atomic E-state index is 12.9. The molecule has 0 aliphatic carbocycles. The van der Waals surface area contributed by atoms with Gasteiger partial charge >= 0.3 is 12.0 Å². The van der Waals surface area contributed by atoms with Gasteiger partial charge in [-0.2, -0.15) is 0 Å². The van der Waals surface area contributed by atoms with Crippen LogP contribution in [0.5, 0.6) is 0 Å². The van der Waals surface area contributed by atoms with Crippen LogP contribution in [0.4, 0.5) is 4.79 Å². The summed E-state index contributed by atoms with van der Waals surface area (Å²) in [6.45, 7) is 5.44. The molecule has 21 heavy (non-hydrogen) atoms. The van der Waals surface area contributed by atoms with Gasteiger partial charge in [-0.3, -0.25) is 0 Å². The van der Waals surface area contributed by atoms with Crippen molar-refractivity contribution in [2.45, 2.75) is 70.9 Å². The molecule has 0 saturated carbocycles. The van der Waals surface area contributed by atoms with Gasteiger partial charge in [0.05, 0.1) is 0 Å². The van der Waals surface area contributed by atoms with Crippen LogP contribution < -0.4 is 0 Å². The van der Waals surface area contributed by atoms with Crippen LogP contribution in [0, 0.1) is 5.92 Å². The molecule has 120 valence electrons. The molecule has 0 aromatic rings. The predicted octanol–water partition coefficient (Wildman–Crippen LogP) is 2.95. The molecule has 1 N–H and O–H groups in total. The smallest absolute Gasteiger partial charge is 0.326 e. The van der Waals surface area contributed by atoms with E-state index in [1.54, 1.807) is 4.90 Å². The number of piperidine rings is 2. The molecule has 3 unspecified atom stereocenters. The van der Waals surface area contributed by atoms with E-state index in [0.29, 0.717) is 12.6 Å². The minimum atomic E-state index is -0.861. The van der Waals surface area contributed by atoms with E-state index in [2.05, 4.69) is 6.92 Å². The lowest BCUT2D eigenvalue weighted by atomic mass is 9.90. The maximum Gasteiger partial charge on any atom is 0.326 e. The second kappa shape index (κ2) is 7.14. The number of carboxylic acids is 1. The highest BCUT2D eigenvalue weighted by Crippen LogP contribution is 2.28. The Bertz CT molecular complexity index is 384. The van der Waals surface area contributed by atoms with Gasteiger partial charge in [-0.25, -0.2) is 9.59 Å². The Morgan fingerprint density at radius 3 is 2.48 bits per heavy atom. The Morgan fingerprint density at radius 1 is 1.10 bits per heavy atom. The Hall–Kier alpha value is -1.26. The third-order valence-corrected chi connectivity index (χ3v) is 4.93. The first kappa shape index (κ1) is 16.1. The van der Waals surface area contributed by atoms with Crippen molar-refractivity contribution >= 4 is 12.0 Å². The lowest BCUT2D eigenvalue weighted by Gasteiger charge is -2.43. The summed E-state index contributed by atoms with van der Waals surface area (Å²) in [4.78, 5) is 28.0. The van der Waals surface area contributed by atoms with Crippen molar-refractivity contribution in [2.75, 3.05) is 13.1 Å². The molecule has 2 heterocycles. The molecule has 0 spiro atoms. The zero-order chi connectivity index (χ0) is 15.4. The monoisotopic (exact) mass is 296 g/mol. The van der Waals surface area contributed by atoms with E-state index in [4.69, 9.17) is 0 Å². The third kappa shape index (κ3) is 3.50. The lowest BCUT2D eigenvalue weighted by Crippen LogP contribution is -2.58. The summed E-state index contributed by atoms with van der Waals surface area (Å²) in [5, 5.41) is 9.48. The number of likely N-dealkylation sites (tertiary alicyclic amines) is 2. The van der Waals surface area contributed by atoms with Crippen molar-refractivity contribution in [1.29, 1.82) is 0 Å². The van der Waals surface area contributed by atoms with Crippen LogP contribution >= 0.6 is 0 Å². The molecule has 0 radical (unpaired) electrons. The minimum absolute atomic E-state index is 0.0367. The van der Waals surface area contributed by atoms with Gasteiger partial charge in [-0.1, -0.05) is 20.3 Å². The van der Waals surface area contributed by atoms with Gasteiger partial charge in [-0.15, -0.1) is 0 Å². The highest BCUT2D eigenvalue weighted by molar-refractivity contribution is 5.83. The number of urea groups is 1. The molecular weight excluding hydrogens is 268 g/mol. The average molecular weight is 296 g/mol. The van der Waals surface area contributed by atoms with Crippen LogP contribution in [0.15, 0.2) is 0 Å². The predicted molar refractivity (Wildman–Crippen MR) is 81.2 cm³/mol. The number of nitrogens with zero attached hydrogens (tertiary/aromatic N) is 2. The third-order valence-electron chi connectivity index (χ3n) is 4.93. The van der Waals surface area contributed by atoms with Crippen molar-refractivity contribution in [2.24, 2.45) is 5.92 Å². The first-order valence-electron chi connectivity index (χ1n) is 8.36. The van der Waals surface area contributed by atoms with Crippen molar-refractivity contribution in [1.82, 2.24) is 9.80 Å². The largest absolute Gasteiger partial charge is 0.480 e. The zero-order valence-electron chi connectivity index (χ0n) is 13.3. The molecule has 3 atom stereocenters. The van der Waals surface area contributed by atoms with Crippen LogP contribution in [-0.2, 0) is 4.79 Å². The molecule has 0 aromatic carbocycles. The van der Waals surface area contributed by atoms with E-state index in [1.165, 1.54) is 6.42 Å². The average Bonchev–Trinajstić information content (AvgIpc) is 2.47. The van der Waals surface area contributed by atoms with Gasteiger partial charge in [0.2, 0.25) is 0 Å². The number of hydrogen-bond acceptors (Lipinski definition) is 2. The van der Waals surface area contributed by atoms with E-state index in [9.17, 15) is 14.7 Å².